The minimum absolute atomic E-state index is 0.0165. The molecule has 1 aromatic carbocycles. The minimum atomic E-state index is -0.292. The number of hydrogen-bond donors (Lipinski definition) is 2. The van der Waals surface area contributed by atoms with Crippen molar-refractivity contribution in [1.29, 1.82) is 0 Å². The van der Waals surface area contributed by atoms with Crippen molar-refractivity contribution in [3.63, 3.8) is 0 Å². The van der Waals surface area contributed by atoms with E-state index in [9.17, 15) is 14.4 Å². The molecule has 0 unspecified atom stereocenters. The molecule has 1 aromatic heterocycles. The van der Waals surface area contributed by atoms with Crippen LogP contribution < -0.4 is 16.2 Å². The third kappa shape index (κ3) is 5.80. The number of para-hydroxylation sites is 1. The Kier molecular flexibility index (Phi) is 7.27. The first kappa shape index (κ1) is 21.3. The van der Waals surface area contributed by atoms with Crippen LogP contribution in [-0.4, -0.2) is 52.4 Å². The molecule has 2 N–H and O–H groups in total. The van der Waals surface area contributed by atoms with Crippen molar-refractivity contribution in [1.82, 2.24) is 20.2 Å². The molecular formula is C20H26N4O4S. The van der Waals surface area contributed by atoms with Gasteiger partial charge in [0.1, 0.15) is 0 Å². The van der Waals surface area contributed by atoms with E-state index >= 15 is 0 Å². The molecule has 0 saturated carbocycles. The lowest BCUT2D eigenvalue weighted by atomic mass is 10.2. The summed E-state index contributed by atoms with van der Waals surface area (Å²) in [5.41, 5.74) is 0.464. The first-order valence-corrected chi connectivity index (χ1v) is 10.7. The molecule has 0 spiro atoms. The van der Waals surface area contributed by atoms with Crippen LogP contribution in [0.15, 0.2) is 34.2 Å². The molecule has 3 rings (SSSR count). The molecule has 156 valence electrons. The Hall–Kier alpha value is -2.39. The maximum atomic E-state index is 13.0. The van der Waals surface area contributed by atoms with Gasteiger partial charge in [0.15, 0.2) is 5.16 Å². The Labute approximate surface area is 173 Å². The van der Waals surface area contributed by atoms with E-state index in [-0.39, 0.29) is 41.8 Å². The van der Waals surface area contributed by atoms with E-state index in [1.54, 1.807) is 16.7 Å². The molecule has 2 amide bonds. The Morgan fingerprint density at radius 1 is 1.31 bits per heavy atom. The fourth-order valence-electron chi connectivity index (χ4n) is 3.14. The summed E-state index contributed by atoms with van der Waals surface area (Å²) in [5.74, 6) is -0.469. The number of thioether (sulfide) groups is 1. The summed E-state index contributed by atoms with van der Waals surface area (Å²) < 4.78 is 7.28. The second-order valence-electron chi connectivity index (χ2n) is 7.25. The van der Waals surface area contributed by atoms with Gasteiger partial charge in [-0.05, 0) is 38.8 Å². The zero-order valence-corrected chi connectivity index (χ0v) is 17.5. The first-order chi connectivity index (χ1) is 13.9. The number of rotatable bonds is 8. The number of amides is 2. The molecule has 1 aliphatic rings. The molecule has 0 bridgehead atoms. The van der Waals surface area contributed by atoms with Crippen LogP contribution in [0.2, 0.25) is 0 Å². The average Bonchev–Trinajstić information content (AvgIpc) is 3.20. The van der Waals surface area contributed by atoms with Crippen molar-refractivity contribution in [2.45, 2.75) is 50.5 Å². The molecule has 0 radical (unpaired) electrons. The van der Waals surface area contributed by atoms with Gasteiger partial charge in [-0.2, -0.15) is 0 Å². The van der Waals surface area contributed by atoms with Crippen LogP contribution in [0.4, 0.5) is 0 Å². The Balaban J connectivity index is 1.72. The lowest BCUT2D eigenvalue weighted by Gasteiger charge is -2.16. The molecule has 0 aliphatic carbocycles. The Bertz CT molecular complexity index is 938. The van der Waals surface area contributed by atoms with Crippen molar-refractivity contribution >= 4 is 34.5 Å². The fraction of sp³-hybridized carbons (Fsp3) is 0.500. The number of fused-ring (bicyclic) bond motifs is 1. The normalized spacial score (nSPS) is 16.3. The van der Waals surface area contributed by atoms with Crippen molar-refractivity contribution < 1.29 is 14.3 Å². The molecule has 1 atom stereocenters. The molecule has 8 nitrogen and oxygen atoms in total. The summed E-state index contributed by atoms with van der Waals surface area (Å²) in [4.78, 5) is 41.4. The number of ether oxygens (including phenoxy) is 1. The highest BCUT2D eigenvalue weighted by atomic mass is 32.2. The zero-order valence-electron chi connectivity index (χ0n) is 16.6. The van der Waals surface area contributed by atoms with Gasteiger partial charge >= 0.3 is 0 Å². The molecular weight excluding hydrogens is 392 g/mol. The molecule has 29 heavy (non-hydrogen) atoms. The topological polar surface area (TPSA) is 102 Å². The standard InChI is InChI=1S/C20H26N4O4S/c1-13(2)22-17(25)10-21-18(26)12-29-20-23-16-8-4-3-7-15(16)19(27)24(20)11-14-6-5-9-28-14/h3-4,7-8,13-14H,5-6,9-12H2,1-2H3,(H,21,26)(H,22,25)/t14-/m0/s1. The van der Waals surface area contributed by atoms with Crippen LogP contribution in [0.25, 0.3) is 10.9 Å². The number of aromatic nitrogens is 2. The van der Waals surface area contributed by atoms with Crippen molar-refractivity contribution in [2.24, 2.45) is 0 Å². The molecule has 9 heteroatoms. The average molecular weight is 419 g/mol. The van der Waals surface area contributed by atoms with Crippen LogP contribution in [0, 0.1) is 0 Å². The Morgan fingerprint density at radius 2 is 2.10 bits per heavy atom. The highest BCUT2D eigenvalue weighted by Crippen LogP contribution is 2.20. The van der Waals surface area contributed by atoms with Gasteiger partial charge in [0.2, 0.25) is 11.8 Å². The maximum absolute atomic E-state index is 13.0. The molecule has 1 fully saturated rings. The van der Waals surface area contributed by atoms with Crippen LogP contribution in [-0.2, 0) is 20.9 Å². The number of hydrogen-bond acceptors (Lipinski definition) is 6. The van der Waals surface area contributed by atoms with Crippen LogP contribution in [0.5, 0.6) is 0 Å². The van der Waals surface area contributed by atoms with E-state index in [1.807, 2.05) is 26.0 Å². The largest absolute Gasteiger partial charge is 0.376 e. The highest BCUT2D eigenvalue weighted by Gasteiger charge is 2.20. The van der Waals surface area contributed by atoms with E-state index in [0.29, 0.717) is 29.2 Å². The predicted molar refractivity (Wildman–Crippen MR) is 112 cm³/mol. The number of nitrogens with zero attached hydrogens (tertiary/aromatic N) is 2. The summed E-state index contributed by atoms with van der Waals surface area (Å²) in [7, 11) is 0. The fourth-order valence-corrected chi connectivity index (χ4v) is 3.98. The summed E-state index contributed by atoms with van der Waals surface area (Å²) in [6, 6.07) is 7.19. The van der Waals surface area contributed by atoms with Gasteiger partial charge in [-0.1, -0.05) is 23.9 Å². The van der Waals surface area contributed by atoms with Crippen molar-refractivity contribution in [3.8, 4) is 0 Å². The van der Waals surface area contributed by atoms with Crippen LogP contribution in [0.1, 0.15) is 26.7 Å². The van der Waals surface area contributed by atoms with Gasteiger partial charge in [-0.15, -0.1) is 0 Å². The van der Waals surface area contributed by atoms with Gasteiger partial charge in [0, 0.05) is 12.6 Å². The molecule has 1 saturated heterocycles. The maximum Gasteiger partial charge on any atom is 0.262 e. The van der Waals surface area contributed by atoms with E-state index < -0.39 is 0 Å². The van der Waals surface area contributed by atoms with Gasteiger partial charge in [-0.25, -0.2) is 4.98 Å². The molecule has 2 aromatic rings. The number of carbonyl (C=O) groups is 2. The van der Waals surface area contributed by atoms with Gasteiger partial charge < -0.3 is 15.4 Å². The van der Waals surface area contributed by atoms with Gasteiger partial charge in [0.05, 0.1) is 35.8 Å². The molecule has 2 heterocycles. The highest BCUT2D eigenvalue weighted by molar-refractivity contribution is 7.99. The van der Waals surface area contributed by atoms with Crippen LogP contribution in [0.3, 0.4) is 0 Å². The second kappa shape index (κ2) is 9.89. The Morgan fingerprint density at radius 3 is 2.83 bits per heavy atom. The summed E-state index contributed by atoms with van der Waals surface area (Å²) in [6.07, 6.45) is 1.85. The third-order valence-corrected chi connectivity index (χ3v) is 5.44. The number of carbonyl (C=O) groups excluding carboxylic acids is 2. The van der Waals surface area contributed by atoms with E-state index in [1.165, 1.54) is 11.8 Å². The summed E-state index contributed by atoms with van der Waals surface area (Å²) in [5, 5.41) is 6.33. The SMILES string of the molecule is CC(C)NC(=O)CNC(=O)CSc1nc2ccccc2c(=O)n1C[C@@H]1CCCO1. The lowest BCUT2D eigenvalue weighted by molar-refractivity contribution is -0.125. The van der Waals surface area contributed by atoms with Gasteiger partial charge in [-0.3, -0.25) is 19.0 Å². The molecule has 1 aliphatic heterocycles. The van der Waals surface area contributed by atoms with Crippen molar-refractivity contribution in [3.05, 3.63) is 34.6 Å². The zero-order chi connectivity index (χ0) is 20.8. The smallest absolute Gasteiger partial charge is 0.262 e. The third-order valence-electron chi connectivity index (χ3n) is 4.46. The summed E-state index contributed by atoms with van der Waals surface area (Å²) in [6.45, 7) is 4.75. The van der Waals surface area contributed by atoms with E-state index in [0.717, 1.165) is 12.8 Å². The van der Waals surface area contributed by atoms with E-state index in [4.69, 9.17) is 4.74 Å². The second-order valence-corrected chi connectivity index (χ2v) is 8.19. The predicted octanol–water partition coefficient (Wildman–Crippen LogP) is 1.31. The van der Waals surface area contributed by atoms with Crippen molar-refractivity contribution in [2.75, 3.05) is 18.9 Å². The summed E-state index contributed by atoms with van der Waals surface area (Å²) >= 11 is 1.19. The monoisotopic (exact) mass is 418 g/mol. The van der Waals surface area contributed by atoms with Crippen LogP contribution >= 0.6 is 11.8 Å². The first-order valence-electron chi connectivity index (χ1n) is 9.74. The lowest BCUT2D eigenvalue weighted by Crippen LogP contribution is -2.40. The minimum Gasteiger partial charge on any atom is -0.376 e. The quantitative estimate of drug-likeness (QED) is 0.495. The number of nitrogens with one attached hydrogen (secondary N) is 2. The number of benzene rings is 1. The van der Waals surface area contributed by atoms with E-state index in [2.05, 4.69) is 15.6 Å². The van der Waals surface area contributed by atoms with Gasteiger partial charge in [0.25, 0.3) is 5.56 Å².